The average Bonchev–Trinajstić information content (AvgIpc) is 3.51. The highest BCUT2D eigenvalue weighted by atomic mass is 16.5. The topological polar surface area (TPSA) is 67.4 Å². The van der Waals surface area contributed by atoms with Crippen LogP contribution < -0.4 is 10.6 Å². The van der Waals surface area contributed by atoms with Crippen LogP contribution in [0.15, 0.2) is 60.7 Å². The fraction of sp³-hybridized carbons (Fsp3) is 0.333. The lowest BCUT2D eigenvalue weighted by atomic mass is 10.0. The van der Waals surface area contributed by atoms with Crippen LogP contribution in [0.25, 0.3) is 0 Å². The molecular formula is C21H24N2O3. The lowest BCUT2D eigenvalue weighted by Gasteiger charge is -2.21. The van der Waals surface area contributed by atoms with Gasteiger partial charge in [0.05, 0.1) is 6.04 Å². The number of hydrogen-bond acceptors (Lipinski definition) is 3. The van der Waals surface area contributed by atoms with Crippen molar-refractivity contribution in [3.8, 4) is 0 Å². The van der Waals surface area contributed by atoms with Crippen LogP contribution in [0, 0.1) is 5.92 Å². The first-order chi connectivity index (χ1) is 12.6. The van der Waals surface area contributed by atoms with Crippen LogP contribution in [0.2, 0.25) is 0 Å². The van der Waals surface area contributed by atoms with E-state index in [1.54, 1.807) is 6.92 Å². The Balaban J connectivity index is 1.49. The number of nitrogens with one attached hydrogen (secondary N) is 2. The van der Waals surface area contributed by atoms with Crippen LogP contribution in [-0.2, 0) is 16.1 Å². The predicted molar refractivity (Wildman–Crippen MR) is 99.3 cm³/mol. The summed E-state index contributed by atoms with van der Waals surface area (Å²) in [5.41, 5.74) is 2.00. The molecule has 1 aliphatic carbocycles. The molecule has 0 bridgehead atoms. The summed E-state index contributed by atoms with van der Waals surface area (Å²) in [5.74, 6) is 0.265. The van der Waals surface area contributed by atoms with E-state index in [1.807, 2.05) is 60.7 Å². The van der Waals surface area contributed by atoms with Gasteiger partial charge in [0.1, 0.15) is 12.6 Å². The maximum absolute atomic E-state index is 12.5. The number of hydrogen-bond donors (Lipinski definition) is 2. The highest BCUT2D eigenvalue weighted by Crippen LogP contribution is 2.40. The fourth-order valence-corrected chi connectivity index (χ4v) is 2.85. The molecule has 1 saturated carbocycles. The molecule has 0 spiro atoms. The van der Waals surface area contributed by atoms with E-state index in [4.69, 9.17) is 4.74 Å². The normalized spacial score (nSPS) is 15.6. The van der Waals surface area contributed by atoms with Crippen molar-refractivity contribution in [1.82, 2.24) is 10.6 Å². The molecule has 0 radical (unpaired) electrons. The predicted octanol–water partition coefficient (Wildman–Crippen LogP) is 3.57. The minimum Gasteiger partial charge on any atom is -0.445 e. The zero-order chi connectivity index (χ0) is 18.4. The van der Waals surface area contributed by atoms with E-state index in [1.165, 1.54) is 0 Å². The first kappa shape index (κ1) is 18.0. The molecule has 5 heteroatoms. The highest BCUT2D eigenvalue weighted by Gasteiger charge is 2.34. The molecule has 2 aromatic rings. The van der Waals surface area contributed by atoms with Crippen molar-refractivity contribution in [3.05, 3.63) is 71.8 Å². The Hall–Kier alpha value is -2.82. The van der Waals surface area contributed by atoms with Gasteiger partial charge in [-0.25, -0.2) is 4.79 Å². The van der Waals surface area contributed by atoms with Gasteiger partial charge in [-0.15, -0.1) is 0 Å². The first-order valence-electron chi connectivity index (χ1n) is 8.96. The zero-order valence-corrected chi connectivity index (χ0v) is 14.9. The van der Waals surface area contributed by atoms with Gasteiger partial charge >= 0.3 is 6.09 Å². The molecule has 0 aromatic heterocycles. The van der Waals surface area contributed by atoms with Gasteiger partial charge in [-0.3, -0.25) is 4.79 Å². The summed E-state index contributed by atoms with van der Waals surface area (Å²) in [6.45, 7) is 1.84. The summed E-state index contributed by atoms with van der Waals surface area (Å²) < 4.78 is 5.17. The van der Waals surface area contributed by atoms with Gasteiger partial charge in [-0.1, -0.05) is 60.7 Å². The van der Waals surface area contributed by atoms with E-state index in [0.29, 0.717) is 5.92 Å². The maximum Gasteiger partial charge on any atom is 0.408 e. The monoisotopic (exact) mass is 352 g/mol. The Bertz CT molecular complexity index is 729. The van der Waals surface area contributed by atoms with Crippen LogP contribution in [-0.4, -0.2) is 18.0 Å². The van der Waals surface area contributed by atoms with Crippen molar-refractivity contribution in [3.63, 3.8) is 0 Å². The zero-order valence-electron chi connectivity index (χ0n) is 14.9. The lowest BCUT2D eigenvalue weighted by molar-refractivity contribution is -0.123. The van der Waals surface area contributed by atoms with Crippen molar-refractivity contribution in [2.45, 2.75) is 38.5 Å². The number of carbonyl (C=O) groups is 2. The molecule has 3 rings (SSSR count). The molecule has 1 fully saturated rings. The second-order valence-electron chi connectivity index (χ2n) is 6.66. The van der Waals surface area contributed by atoms with E-state index in [0.717, 1.165) is 24.0 Å². The molecule has 0 saturated heterocycles. The van der Waals surface area contributed by atoms with Crippen molar-refractivity contribution in [1.29, 1.82) is 0 Å². The van der Waals surface area contributed by atoms with Gasteiger partial charge in [0, 0.05) is 0 Å². The van der Waals surface area contributed by atoms with Gasteiger partial charge in [0.25, 0.3) is 0 Å². The molecule has 0 unspecified atom stereocenters. The van der Waals surface area contributed by atoms with Crippen molar-refractivity contribution in [2.24, 2.45) is 5.92 Å². The number of rotatable bonds is 7. The largest absolute Gasteiger partial charge is 0.445 e. The lowest BCUT2D eigenvalue weighted by Crippen LogP contribution is -2.46. The summed E-state index contributed by atoms with van der Waals surface area (Å²) in [6, 6.07) is 18.7. The Labute approximate surface area is 153 Å². The van der Waals surface area contributed by atoms with Gasteiger partial charge in [0.2, 0.25) is 5.91 Å². The number of amides is 2. The average molecular weight is 352 g/mol. The maximum atomic E-state index is 12.5. The summed E-state index contributed by atoms with van der Waals surface area (Å²) in [5, 5.41) is 5.66. The molecule has 136 valence electrons. The molecule has 2 amide bonds. The van der Waals surface area contributed by atoms with Crippen molar-refractivity contribution in [2.75, 3.05) is 0 Å². The Morgan fingerprint density at radius 3 is 2.23 bits per heavy atom. The highest BCUT2D eigenvalue weighted by molar-refractivity contribution is 5.85. The van der Waals surface area contributed by atoms with Gasteiger partial charge < -0.3 is 15.4 Å². The second-order valence-corrected chi connectivity index (χ2v) is 6.66. The van der Waals surface area contributed by atoms with Crippen molar-refractivity contribution < 1.29 is 14.3 Å². The van der Waals surface area contributed by atoms with E-state index in [2.05, 4.69) is 10.6 Å². The van der Waals surface area contributed by atoms with Crippen molar-refractivity contribution >= 4 is 12.0 Å². The third-order valence-electron chi connectivity index (χ3n) is 4.49. The Morgan fingerprint density at radius 2 is 1.62 bits per heavy atom. The minimum absolute atomic E-state index is 0.00621. The van der Waals surface area contributed by atoms with Gasteiger partial charge in [-0.05, 0) is 36.8 Å². The molecule has 26 heavy (non-hydrogen) atoms. The molecule has 2 aromatic carbocycles. The summed E-state index contributed by atoms with van der Waals surface area (Å²) in [4.78, 5) is 24.4. The van der Waals surface area contributed by atoms with Crippen LogP contribution in [0.1, 0.15) is 36.9 Å². The van der Waals surface area contributed by atoms with E-state index < -0.39 is 12.1 Å². The van der Waals surface area contributed by atoms with Crippen LogP contribution in [0.5, 0.6) is 0 Å². The number of ether oxygens (including phenoxy) is 1. The number of alkyl carbamates (subject to hydrolysis) is 1. The smallest absolute Gasteiger partial charge is 0.408 e. The SMILES string of the molecule is C[C@@H](NC(=O)OCc1ccccc1)C(=O)N[C@@H](c1ccccc1)C1CC1. The summed E-state index contributed by atoms with van der Waals surface area (Å²) in [6.07, 6.45) is 1.63. The number of carbonyl (C=O) groups excluding carboxylic acids is 2. The fourth-order valence-electron chi connectivity index (χ4n) is 2.85. The molecule has 0 aliphatic heterocycles. The van der Waals surface area contributed by atoms with Gasteiger partial charge in [0.15, 0.2) is 0 Å². The molecule has 5 nitrogen and oxygen atoms in total. The van der Waals surface area contributed by atoms with Crippen LogP contribution >= 0.6 is 0 Å². The van der Waals surface area contributed by atoms with E-state index in [9.17, 15) is 9.59 Å². The summed E-state index contributed by atoms with van der Waals surface area (Å²) in [7, 11) is 0. The molecule has 1 aliphatic rings. The Kier molecular flexibility index (Phi) is 5.89. The van der Waals surface area contributed by atoms with Gasteiger partial charge in [-0.2, -0.15) is 0 Å². The van der Waals surface area contributed by atoms with E-state index >= 15 is 0 Å². The standard InChI is InChI=1S/C21H24N2O3/c1-15(22-21(25)26-14-16-8-4-2-5-9-16)20(24)23-19(18-12-13-18)17-10-6-3-7-11-17/h2-11,15,18-19H,12-14H2,1H3,(H,22,25)(H,23,24)/t15-,19+/m1/s1. The van der Waals surface area contributed by atoms with Crippen LogP contribution in [0.3, 0.4) is 0 Å². The quantitative estimate of drug-likeness (QED) is 0.800. The Morgan fingerprint density at radius 1 is 1.00 bits per heavy atom. The summed E-state index contributed by atoms with van der Waals surface area (Å²) >= 11 is 0. The second kappa shape index (κ2) is 8.52. The molecule has 0 heterocycles. The third-order valence-corrected chi connectivity index (χ3v) is 4.49. The first-order valence-corrected chi connectivity index (χ1v) is 8.96. The molecule has 2 N–H and O–H groups in total. The van der Waals surface area contributed by atoms with E-state index in [-0.39, 0.29) is 18.6 Å². The number of benzene rings is 2. The third kappa shape index (κ3) is 5.09. The molecular weight excluding hydrogens is 328 g/mol. The van der Waals surface area contributed by atoms with Crippen LogP contribution in [0.4, 0.5) is 4.79 Å². The molecule has 2 atom stereocenters. The minimum atomic E-state index is -0.664.